The highest BCUT2D eigenvalue weighted by molar-refractivity contribution is 5.81. The number of rotatable bonds is 4. The molecule has 0 aliphatic carbocycles. The fraction of sp³-hybridized carbons (Fsp3) is 0.867. The van der Waals surface area contributed by atoms with Crippen LogP contribution in [0.5, 0.6) is 0 Å². The number of hydrogen-bond donors (Lipinski definition) is 1. The minimum absolute atomic E-state index is 0.0437. The molecule has 0 unspecified atom stereocenters. The highest BCUT2D eigenvalue weighted by Crippen LogP contribution is 2.36. The van der Waals surface area contributed by atoms with Crippen LogP contribution in [0.25, 0.3) is 0 Å². The lowest BCUT2D eigenvalue weighted by Gasteiger charge is -2.53. The molecule has 1 fully saturated rings. The summed E-state index contributed by atoms with van der Waals surface area (Å²) in [5, 5.41) is 3.06. The van der Waals surface area contributed by atoms with E-state index in [1.54, 1.807) is 0 Å². The first kappa shape index (κ1) is 17.0. The monoisotopic (exact) mass is 284 g/mol. The van der Waals surface area contributed by atoms with Crippen LogP contribution in [0, 0.1) is 0 Å². The second-order valence-corrected chi connectivity index (χ2v) is 6.93. The molecule has 5 heteroatoms. The van der Waals surface area contributed by atoms with Crippen LogP contribution in [0.4, 0.5) is 0 Å². The average molecular weight is 284 g/mol. The summed E-state index contributed by atoms with van der Waals surface area (Å²) in [4.78, 5) is 25.3. The number of piperidine rings is 1. The molecule has 0 spiro atoms. The van der Waals surface area contributed by atoms with Crippen LogP contribution in [-0.4, -0.2) is 48.1 Å². The number of hydrogen-bond acceptors (Lipinski definition) is 4. The first-order valence-electron chi connectivity index (χ1n) is 7.18. The highest BCUT2D eigenvalue weighted by atomic mass is 16.5. The van der Waals surface area contributed by atoms with Crippen LogP contribution in [0.2, 0.25) is 0 Å². The smallest absolute Gasteiger partial charge is 0.306 e. The van der Waals surface area contributed by atoms with E-state index < -0.39 is 0 Å². The molecule has 1 amide bonds. The van der Waals surface area contributed by atoms with Gasteiger partial charge in [0, 0.05) is 23.5 Å². The van der Waals surface area contributed by atoms with Crippen LogP contribution >= 0.6 is 0 Å². The van der Waals surface area contributed by atoms with Crippen molar-refractivity contribution in [3.05, 3.63) is 0 Å². The summed E-state index contributed by atoms with van der Waals surface area (Å²) in [7, 11) is 3.47. The number of nitrogens with one attached hydrogen (secondary N) is 1. The van der Waals surface area contributed by atoms with Crippen molar-refractivity contribution in [2.75, 3.05) is 14.2 Å². The normalized spacial score (nSPS) is 22.3. The Kier molecular flexibility index (Phi) is 5.19. The number of likely N-dealkylation sites (tertiary alicyclic amines) is 1. The van der Waals surface area contributed by atoms with Crippen LogP contribution < -0.4 is 5.32 Å². The summed E-state index contributed by atoms with van der Waals surface area (Å²) in [6.07, 6.45) is 2.16. The van der Waals surface area contributed by atoms with Gasteiger partial charge in [-0.1, -0.05) is 0 Å². The van der Waals surface area contributed by atoms with Crippen LogP contribution in [0.1, 0.15) is 53.4 Å². The summed E-state index contributed by atoms with van der Waals surface area (Å²) in [5.41, 5.74) is 0.0874. The van der Waals surface area contributed by atoms with Crippen molar-refractivity contribution in [3.63, 3.8) is 0 Å². The molecule has 1 saturated heterocycles. The largest absolute Gasteiger partial charge is 0.469 e. The molecule has 1 aliphatic rings. The van der Waals surface area contributed by atoms with Gasteiger partial charge in [-0.25, -0.2) is 0 Å². The lowest BCUT2D eigenvalue weighted by atomic mass is 9.77. The fourth-order valence-corrected chi connectivity index (χ4v) is 3.09. The zero-order valence-electron chi connectivity index (χ0n) is 13.6. The number of carbonyl (C=O) groups excluding carboxylic acids is 2. The molecule has 0 atom stereocenters. The molecule has 20 heavy (non-hydrogen) atoms. The summed E-state index contributed by atoms with van der Waals surface area (Å²) in [6.45, 7) is 8.78. The van der Waals surface area contributed by atoms with E-state index in [2.05, 4.69) is 49.7 Å². The van der Waals surface area contributed by atoms with Crippen molar-refractivity contribution in [1.29, 1.82) is 0 Å². The van der Waals surface area contributed by atoms with Crippen molar-refractivity contribution >= 4 is 11.9 Å². The van der Waals surface area contributed by atoms with Crippen molar-refractivity contribution in [2.24, 2.45) is 0 Å². The molecular formula is C15H28N2O3. The van der Waals surface area contributed by atoms with Gasteiger partial charge in [-0.2, -0.15) is 0 Å². The first-order chi connectivity index (χ1) is 9.08. The third-order valence-electron chi connectivity index (χ3n) is 4.46. The zero-order valence-corrected chi connectivity index (χ0v) is 13.6. The SMILES string of the molecule is COC(=O)CCC(=O)NC1CC(C)(C)N(C)C(C)(C)C1. The Morgan fingerprint density at radius 3 is 2.10 bits per heavy atom. The lowest BCUT2D eigenvalue weighted by molar-refractivity contribution is -0.142. The molecule has 116 valence electrons. The molecule has 1 heterocycles. The van der Waals surface area contributed by atoms with Gasteiger partial charge in [0.1, 0.15) is 0 Å². The van der Waals surface area contributed by atoms with Gasteiger partial charge in [-0.3, -0.25) is 14.5 Å². The van der Waals surface area contributed by atoms with Crippen molar-refractivity contribution < 1.29 is 14.3 Å². The molecule has 0 aromatic carbocycles. The van der Waals surface area contributed by atoms with Gasteiger partial charge >= 0.3 is 5.97 Å². The van der Waals surface area contributed by atoms with E-state index in [1.807, 2.05) is 0 Å². The molecular weight excluding hydrogens is 256 g/mol. The van der Waals surface area contributed by atoms with Gasteiger partial charge in [0.2, 0.25) is 5.91 Å². The summed E-state index contributed by atoms with van der Waals surface area (Å²) in [6, 6.07) is 0.154. The van der Waals surface area contributed by atoms with E-state index in [1.165, 1.54) is 7.11 Å². The Bertz CT molecular complexity index is 359. The minimum Gasteiger partial charge on any atom is -0.469 e. The Morgan fingerprint density at radius 2 is 1.65 bits per heavy atom. The molecule has 1 aliphatic heterocycles. The molecule has 0 radical (unpaired) electrons. The van der Waals surface area contributed by atoms with Crippen LogP contribution in [0.15, 0.2) is 0 Å². The molecule has 0 aromatic rings. The van der Waals surface area contributed by atoms with Gasteiger partial charge in [-0.15, -0.1) is 0 Å². The fourth-order valence-electron chi connectivity index (χ4n) is 3.09. The molecule has 0 bridgehead atoms. The topological polar surface area (TPSA) is 58.6 Å². The summed E-state index contributed by atoms with van der Waals surface area (Å²) < 4.78 is 4.55. The predicted octanol–water partition coefficient (Wildman–Crippen LogP) is 1.71. The standard InChI is InChI=1S/C15H28N2O3/c1-14(2)9-11(10-15(3,4)17(14)5)16-12(18)7-8-13(19)20-6/h11H,7-10H2,1-6H3,(H,16,18). The molecule has 1 rings (SSSR count). The van der Waals surface area contributed by atoms with Gasteiger partial charge < -0.3 is 10.1 Å². The van der Waals surface area contributed by atoms with Crippen molar-refractivity contribution in [3.8, 4) is 0 Å². The molecule has 0 saturated carbocycles. The van der Waals surface area contributed by atoms with Crippen LogP contribution in [0.3, 0.4) is 0 Å². The van der Waals surface area contributed by atoms with E-state index in [9.17, 15) is 9.59 Å². The van der Waals surface area contributed by atoms with Gasteiger partial charge in [0.05, 0.1) is 13.5 Å². The van der Waals surface area contributed by atoms with Gasteiger partial charge in [0.15, 0.2) is 0 Å². The molecule has 5 nitrogen and oxygen atoms in total. The van der Waals surface area contributed by atoms with Gasteiger partial charge in [-0.05, 0) is 47.6 Å². The Morgan fingerprint density at radius 1 is 1.15 bits per heavy atom. The number of methoxy groups -OCH3 is 1. The van der Waals surface area contributed by atoms with E-state index in [4.69, 9.17) is 0 Å². The first-order valence-corrected chi connectivity index (χ1v) is 7.18. The quantitative estimate of drug-likeness (QED) is 0.798. The summed E-state index contributed by atoms with van der Waals surface area (Å²) >= 11 is 0. The molecule has 0 aromatic heterocycles. The van der Waals surface area contributed by atoms with Gasteiger partial charge in [0.25, 0.3) is 0 Å². The second kappa shape index (κ2) is 6.12. The average Bonchev–Trinajstić information content (AvgIpc) is 2.32. The van der Waals surface area contributed by atoms with E-state index in [0.29, 0.717) is 0 Å². The Labute approximate surface area is 122 Å². The van der Waals surface area contributed by atoms with E-state index in [-0.39, 0.29) is 41.8 Å². The number of carbonyl (C=O) groups is 2. The maximum Gasteiger partial charge on any atom is 0.306 e. The highest BCUT2D eigenvalue weighted by Gasteiger charge is 2.43. The third-order valence-corrected chi connectivity index (χ3v) is 4.46. The maximum absolute atomic E-state index is 11.9. The lowest BCUT2D eigenvalue weighted by Crippen LogP contribution is -2.62. The Balaban J connectivity index is 2.56. The number of ether oxygens (including phenoxy) is 1. The number of nitrogens with zero attached hydrogens (tertiary/aromatic N) is 1. The number of esters is 1. The zero-order chi connectivity index (χ0) is 15.6. The Hall–Kier alpha value is -1.10. The maximum atomic E-state index is 11.9. The third kappa shape index (κ3) is 4.20. The number of amides is 1. The van der Waals surface area contributed by atoms with Crippen molar-refractivity contribution in [2.45, 2.75) is 70.5 Å². The minimum atomic E-state index is -0.343. The van der Waals surface area contributed by atoms with Crippen LogP contribution in [-0.2, 0) is 14.3 Å². The van der Waals surface area contributed by atoms with E-state index in [0.717, 1.165) is 12.8 Å². The molecule has 1 N–H and O–H groups in total. The van der Waals surface area contributed by atoms with E-state index >= 15 is 0 Å². The predicted molar refractivity (Wildman–Crippen MR) is 78.3 cm³/mol. The second-order valence-electron chi connectivity index (χ2n) is 6.93. The van der Waals surface area contributed by atoms with Crippen molar-refractivity contribution in [1.82, 2.24) is 10.2 Å². The summed E-state index contributed by atoms with van der Waals surface area (Å²) in [5.74, 6) is -0.416.